The van der Waals surface area contributed by atoms with Gasteiger partial charge in [0.05, 0.1) is 10.7 Å². The number of thioether (sulfide) groups is 1. The molecular weight excluding hydrogens is 266 g/mol. The number of anilines is 1. The molecule has 0 amide bonds. The van der Waals surface area contributed by atoms with Gasteiger partial charge in [0.1, 0.15) is 5.84 Å². The Morgan fingerprint density at radius 2 is 2.39 bits per heavy atom. The lowest BCUT2D eigenvalue weighted by atomic mass is 10.1. The molecule has 0 saturated carbocycles. The second-order valence-electron chi connectivity index (χ2n) is 4.43. The van der Waals surface area contributed by atoms with Crippen LogP contribution in [0.3, 0.4) is 0 Å². The van der Waals surface area contributed by atoms with Crippen molar-refractivity contribution in [2.24, 2.45) is 5.73 Å². The number of hydrogen-bond donors (Lipinski definition) is 2. The number of nitrogens with one attached hydrogen (secondary N) is 1. The zero-order valence-corrected chi connectivity index (χ0v) is 12.0. The Labute approximate surface area is 117 Å². The van der Waals surface area contributed by atoms with E-state index in [1.807, 2.05) is 23.9 Å². The maximum Gasteiger partial charge on any atom is 0.122 e. The summed E-state index contributed by atoms with van der Waals surface area (Å²) in [5.41, 5.74) is 7.20. The van der Waals surface area contributed by atoms with Crippen molar-refractivity contribution in [1.29, 1.82) is 5.41 Å². The highest BCUT2D eigenvalue weighted by Gasteiger charge is 2.20. The molecule has 0 radical (unpaired) electrons. The van der Waals surface area contributed by atoms with Crippen LogP contribution in [-0.4, -0.2) is 29.9 Å². The number of rotatable bonds is 3. The van der Waals surface area contributed by atoms with E-state index < -0.39 is 0 Å². The monoisotopic (exact) mass is 283 g/mol. The zero-order chi connectivity index (χ0) is 13.1. The average Bonchev–Trinajstić information content (AvgIpc) is 2.38. The number of amidine groups is 1. The van der Waals surface area contributed by atoms with E-state index >= 15 is 0 Å². The molecule has 3 N–H and O–H groups in total. The fourth-order valence-corrected chi connectivity index (χ4v) is 3.60. The fourth-order valence-electron chi connectivity index (χ4n) is 2.12. The number of halogens is 1. The van der Waals surface area contributed by atoms with Gasteiger partial charge < -0.3 is 10.6 Å². The van der Waals surface area contributed by atoms with Gasteiger partial charge in [0, 0.05) is 29.7 Å². The third kappa shape index (κ3) is 2.93. The summed E-state index contributed by atoms with van der Waals surface area (Å²) in [6.45, 7) is 4.29. The maximum absolute atomic E-state index is 7.41. The Kier molecular flexibility index (Phi) is 4.40. The molecule has 0 bridgehead atoms. The van der Waals surface area contributed by atoms with E-state index in [2.05, 4.69) is 11.8 Å². The Morgan fingerprint density at radius 1 is 1.61 bits per heavy atom. The molecule has 5 heteroatoms. The van der Waals surface area contributed by atoms with Crippen molar-refractivity contribution in [1.82, 2.24) is 0 Å². The summed E-state index contributed by atoms with van der Waals surface area (Å²) in [5, 5.41) is 8.78. The van der Waals surface area contributed by atoms with E-state index in [0.717, 1.165) is 24.5 Å². The van der Waals surface area contributed by atoms with Crippen molar-refractivity contribution < 1.29 is 0 Å². The summed E-state index contributed by atoms with van der Waals surface area (Å²) >= 11 is 8.33. The molecule has 1 saturated heterocycles. The van der Waals surface area contributed by atoms with Crippen LogP contribution in [0.2, 0.25) is 5.02 Å². The highest BCUT2D eigenvalue weighted by Crippen LogP contribution is 2.31. The molecule has 1 aromatic rings. The first-order valence-electron chi connectivity index (χ1n) is 6.12. The van der Waals surface area contributed by atoms with Crippen LogP contribution in [0, 0.1) is 5.41 Å². The predicted molar refractivity (Wildman–Crippen MR) is 81.2 cm³/mol. The van der Waals surface area contributed by atoms with Gasteiger partial charge in [0.2, 0.25) is 0 Å². The number of nitrogens with zero attached hydrogens (tertiary/aromatic N) is 1. The molecule has 3 nitrogen and oxygen atoms in total. The topological polar surface area (TPSA) is 53.1 Å². The van der Waals surface area contributed by atoms with E-state index in [0.29, 0.717) is 15.8 Å². The molecule has 98 valence electrons. The largest absolute Gasteiger partial charge is 0.384 e. The van der Waals surface area contributed by atoms with Crippen LogP contribution in [0.25, 0.3) is 0 Å². The van der Waals surface area contributed by atoms with E-state index in [9.17, 15) is 0 Å². The molecule has 1 fully saturated rings. The van der Waals surface area contributed by atoms with Crippen molar-refractivity contribution in [2.45, 2.75) is 18.6 Å². The Morgan fingerprint density at radius 3 is 3.00 bits per heavy atom. The van der Waals surface area contributed by atoms with Gasteiger partial charge in [-0.3, -0.25) is 5.41 Å². The smallest absolute Gasteiger partial charge is 0.122 e. The summed E-state index contributed by atoms with van der Waals surface area (Å²) < 4.78 is 0. The molecule has 1 aromatic carbocycles. The average molecular weight is 284 g/mol. The number of benzene rings is 1. The molecule has 0 aromatic heterocycles. The molecule has 18 heavy (non-hydrogen) atoms. The Balaban J connectivity index is 2.20. The van der Waals surface area contributed by atoms with Crippen LogP contribution in [0.5, 0.6) is 0 Å². The van der Waals surface area contributed by atoms with Crippen LogP contribution in [0.15, 0.2) is 18.2 Å². The quantitative estimate of drug-likeness (QED) is 0.662. The van der Waals surface area contributed by atoms with Gasteiger partial charge in [-0.1, -0.05) is 18.5 Å². The first-order chi connectivity index (χ1) is 8.61. The minimum atomic E-state index is 0.0593. The molecule has 1 aliphatic rings. The van der Waals surface area contributed by atoms with Crippen molar-refractivity contribution >= 4 is 34.9 Å². The van der Waals surface area contributed by atoms with E-state index in [1.54, 1.807) is 6.07 Å². The van der Waals surface area contributed by atoms with E-state index in [1.165, 1.54) is 6.42 Å². The maximum atomic E-state index is 7.41. The minimum Gasteiger partial charge on any atom is -0.384 e. The van der Waals surface area contributed by atoms with Crippen molar-refractivity contribution in [2.75, 3.05) is 23.7 Å². The molecule has 0 spiro atoms. The second-order valence-corrected chi connectivity index (χ2v) is 6.24. The summed E-state index contributed by atoms with van der Waals surface area (Å²) in [6, 6.07) is 5.62. The SMILES string of the molecule is CCC1CN(c2ccc(C(=N)N)cc2Cl)CCS1. The highest BCUT2D eigenvalue weighted by molar-refractivity contribution is 8.00. The Bertz CT molecular complexity index is 450. The molecule has 0 aliphatic carbocycles. The number of nitrogens with two attached hydrogens (primary N) is 1. The fraction of sp³-hybridized carbons (Fsp3) is 0.462. The third-order valence-electron chi connectivity index (χ3n) is 3.19. The van der Waals surface area contributed by atoms with E-state index in [4.69, 9.17) is 22.7 Å². The summed E-state index contributed by atoms with van der Waals surface area (Å²) in [5.74, 6) is 1.20. The van der Waals surface area contributed by atoms with Gasteiger partial charge in [-0.15, -0.1) is 0 Å². The minimum absolute atomic E-state index is 0.0593. The number of nitrogen functional groups attached to an aromatic ring is 1. The molecule has 1 aliphatic heterocycles. The van der Waals surface area contributed by atoms with Crippen LogP contribution in [0.4, 0.5) is 5.69 Å². The molecule has 1 unspecified atom stereocenters. The Hall–Kier alpha value is -0.870. The van der Waals surface area contributed by atoms with Gasteiger partial charge in [-0.05, 0) is 24.6 Å². The highest BCUT2D eigenvalue weighted by atomic mass is 35.5. The van der Waals surface area contributed by atoms with Crippen molar-refractivity contribution in [3.05, 3.63) is 28.8 Å². The van der Waals surface area contributed by atoms with Gasteiger partial charge in [-0.25, -0.2) is 0 Å². The standard InChI is InChI=1S/C13H18ClN3S/c1-2-10-8-17(5-6-18-10)12-4-3-9(13(15)16)7-11(12)14/h3-4,7,10H,2,5-6,8H2,1H3,(H3,15,16). The molecular formula is C13H18ClN3S. The van der Waals surface area contributed by atoms with Gasteiger partial charge >= 0.3 is 0 Å². The first kappa shape index (κ1) is 13.6. The molecule has 2 rings (SSSR count). The second kappa shape index (κ2) is 5.85. The lowest BCUT2D eigenvalue weighted by Crippen LogP contribution is -2.37. The number of hydrogen-bond acceptors (Lipinski definition) is 3. The molecule has 1 heterocycles. The van der Waals surface area contributed by atoms with E-state index in [-0.39, 0.29) is 5.84 Å². The van der Waals surface area contributed by atoms with Gasteiger partial charge in [0.25, 0.3) is 0 Å². The van der Waals surface area contributed by atoms with Crippen LogP contribution < -0.4 is 10.6 Å². The molecule has 1 atom stereocenters. The van der Waals surface area contributed by atoms with Crippen LogP contribution >= 0.6 is 23.4 Å². The normalized spacial score (nSPS) is 19.9. The summed E-state index contributed by atoms with van der Waals surface area (Å²) in [7, 11) is 0. The van der Waals surface area contributed by atoms with Crippen molar-refractivity contribution in [3.63, 3.8) is 0 Å². The van der Waals surface area contributed by atoms with Gasteiger partial charge in [0.15, 0.2) is 0 Å². The van der Waals surface area contributed by atoms with Crippen LogP contribution in [0.1, 0.15) is 18.9 Å². The predicted octanol–water partition coefficient (Wildman–Crippen LogP) is 2.96. The zero-order valence-electron chi connectivity index (χ0n) is 10.4. The summed E-state index contributed by atoms with van der Waals surface area (Å²) in [6.07, 6.45) is 1.18. The first-order valence-corrected chi connectivity index (χ1v) is 7.55. The van der Waals surface area contributed by atoms with Gasteiger partial charge in [-0.2, -0.15) is 11.8 Å². The van der Waals surface area contributed by atoms with Crippen LogP contribution in [-0.2, 0) is 0 Å². The lowest BCUT2D eigenvalue weighted by Gasteiger charge is -2.34. The third-order valence-corrected chi connectivity index (χ3v) is 4.87. The summed E-state index contributed by atoms with van der Waals surface area (Å²) in [4.78, 5) is 2.33. The lowest BCUT2D eigenvalue weighted by molar-refractivity contribution is 0.728. The van der Waals surface area contributed by atoms with Crippen molar-refractivity contribution in [3.8, 4) is 0 Å².